The largest absolute Gasteiger partial charge is 0.462 e. The van der Waals surface area contributed by atoms with Gasteiger partial charge in [-0.25, -0.2) is 0 Å². The summed E-state index contributed by atoms with van der Waals surface area (Å²) in [5, 5.41) is 34.6. The Morgan fingerprint density at radius 3 is 2.29 bits per heavy atom. The van der Waals surface area contributed by atoms with E-state index in [1.807, 2.05) is 20.8 Å². The Morgan fingerprint density at radius 1 is 1.02 bits per heavy atom. The van der Waals surface area contributed by atoms with Crippen LogP contribution in [0, 0.1) is 17.8 Å². The van der Waals surface area contributed by atoms with E-state index in [-0.39, 0.29) is 31.6 Å². The van der Waals surface area contributed by atoms with Crippen molar-refractivity contribution >= 4 is 24.2 Å². The lowest BCUT2D eigenvalue weighted by atomic mass is 9.82. The summed E-state index contributed by atoms with van der Waals surface area (Å²) in [6.45, 7) is 13.5. The highest BCUT2D eigenvalue weighted by atomic mass is 16.7. The second-order valence-electron chi connectivity index (χ2n) is 17.0. The summed E-state index contributed by atoms with van der Waals surface area (Å²) in [6, 6.07) is -0.782. The second kappa shape index (κ2) is 22.7. The zero-order chi connectivity index (χ0) is 43.5. The lowest BCUT2D eigenvalue weighted by Crippen LogP contribution is -2.66. The average Bonchev–Trinajstić information content (AvgIpc) is 3.09. The number of likely N-dealkylation sites (N-methyl/N-ethyl adjacent to an activating group) is 1. The fourth-order valence-corrected chi connectivity index (χ4v) is 8.08. The molecule has 2 fully saturated rings. The van der Waals surface area contributed by atoms with Crippen LogP contribution in [0.1, 0.15) is 93.9 Å². The number of hydrogen-bond acceptors (Lipinski definition) is 16. The zero-order valence-corrected chi connectivity index (χ0v) is 36.1. The Kier molecular flexibility index (Phi) is 19.4. The van der Waals surface area contributed by atoms with Crippen LogP contribution in [0.4, 0.5) is 0 Å². The van der Waals surface area contributed by atoms with Crippen LogP contribution in [-0.2, 0) is 57.1 Å². The number of hydrogen-bond donors (Lipinski definition) is 3. The Labute approximate surface area is 343 Å². The van der Waals surface area contributed by atoms with Gasteiger partial charge in [0.25, 0.3) is 0 Å². The number of methoxy groups -OCH3 is 1. The molecule has 16 atom stereocenters. The molecular formula is C42H69NO15. The van der Waals surface area contributed by atoms with Crippen LogP contribution in [0.15, 0.2) is 24.3 Å². The van der Waals surface area contributed by atoms with E-state index in [0.717, 1.165) is 0 Å². The highest BCUT2D eigenvalue weighted by Gasteiger charge is 2.53. The van der Waals surface area contributed by atoms with E-state index in [1.54, 1.807) is 71.0 Å². The lowest BCUT2D eigenvalue weighted by Gasteiger charge is -2.50. The molecule has 16 nitrogen and oxygen atoms in total. The first-order valence-electron chi connectivity index (χ1n) is 20.4. The van der Waals surface area contributed by atoms with Crippen LogP contribution in [0.2, 0.25) is 0 Å². The van der Waals surface area contributed by atoms with Gasteiger partial charge in [0.2, 0.25) is 0 Å². The molecule has 58 heavy (non-hydrogen) atoms. The summed E-state index contributed by atoms with van der Waals surface area (Å²) < 4.78 is 48.6. The molecule has 332 valence electrons. The van der Waals surface area contributed by atoms with Gasteiger partial charge in [-0.15, -0.1) is 0 Å². The molecule has 0 radical (unpaired) electrons. The van der Waals surface area contributed by atoms with Gasteiger partial charge in [0, 0.05) is 39.7 Å². The monoisotopic (exact) mass is 827 g/mol. The number of allylic oxidation sites excluding steroid dienone is 2. The summed E-state index contributed by atoms with van der Waals surface area (Å²) in [6.07, 6.45) is -4.11. The zero-order valence-electron chi connectivity index (χ0n) is 36.1. The molecule has 0 aromatic heterocycles. The van der Waals surface area contributed by atoms with Crippen molar-refractivity contribution in [2.75, 3.05) is 21.2 Å². The lowest BCUT2D eigenvalue weighted by molar-refractivity contribution is -0.344. The topological polar surface area (TPSA) is 206 Å². The molecule has 3 aliphatic heterocycles. The van der Waals surface area contributed by atoms with Crippen molar-refractivity contribution in [2.24, 2.45) is 17.8 Å². The molecule has 3 rings (SSSR count). The third kappa shape index (κ3) is 14.2. The highest BCUT2D eigenvalue weighted by molar-refractivity contribution is 5.72. The molecule has 3 aliphatic rings. The quantitative estimate of drug-likeness (QED) is 0.147. The van der Waals surface area contributed by atoms with E-state index in [4.69, 9.17) is 37.9 Å². The van der Waals surface area contributed by atoms with E-state index in [2.05, 4.69) is 0 Å². The molecule has 0 amide bonds. The molecule has 0 aliphatic carbocycles. The van der Waals surface area contributed by atoms with Gasteiger partial charge in [0.15, 0.2) is 18.7 Å². The minimum absolute atomic E-state index is 0.0460. The average molecular weight is 828 g/mol. The molecule has 16 heteroatoms. The Hall–Kier alpha value is -2.80. The van der Waals surface area contributed by atoms with E-state index in [9.17, 15) is 34.5 Å². The molecule has 2 saturated heterocycles. The van der Waals surface area contributed by atoms with E-state index >= 15 is 0 Å². The molecule has 0 unspecified atom stereocenters. The predicted octanol–water partition coefficient (Wildman–Crippen LogP) is 3.01. The molecule has 0 aromatic rings. The number of aliphatic hydroxyl groups excluding tert-OH is 2. The van der Waals surface area contributed by atoms with Crippen LogP contribution in [-0.4, -0.2) is 151 Å². The van der Waals surface area contributed by atoms with Crippen molar-refractivity contribution in [1.29, 1.82) is 0 Å². The molecule has 0 bridgehead atoms. The number of aldehydes is 1. The van der Waals surface area contributed by atoms with Gasteiger partial charge in [-0.3, -0.25) is 14.4 Å². The number of ether oxygens (including phenoxy) is 8. The molecule has 0 aromatic carbocycles. The van der Waals surface area contributed by atoms with Gasteiger partial charge < -0.3 is 62.9 Å². The van der Waals surface area contributed by atoms with Gasteiger partial charge in [0.1, 0.15) is 42.4 Å². The summed E-state index contributed by atoms with van der Waals surface area (Å²) in [5.41, 5.74) is -1.50. The molecular weight excluding hydrogens is 758 g/mol. The number of aliphatic hydroxyl groups is 3. The first-order chi connectivity index (χ1) is 27.2. The van der Waals surface area contributed by atoms with Crippen molar-refractivity contribution in [1.82, 2.24) is 4.90 Å². The molecule has 0 spiro atoms. The van der Waals surface area contributed by atoms with E-state index < -0.39 is 121 Å². The van der Waals surface area contributed by atoms with Gasteiger partial charge in [-0.2, -0.15) is 0 Å². The first-order valence-corrected chi connectivity index (χ1v) is 20.4. The SMILES string of the molecule is CO[C@@H]1[C@@H](O[C@@H]2O[C@H](C)[C@@H](O[C@H]3C[C@@](C)(O)[C@@H](OC(=O)CC(C)C)[C@H](C)O3)[C@H](N(C)C)[C@H]2O)[C@H](CC=O)C[C@@H](C)[C@@H](O)/C=C/C=C/C[C@@H](C)OC(=O)C[C@H]1OC(C)=O. The van der Waals surface area contributed by atoms with Crippen molar-refractivity contribution < 1.29 is 72.4 Å². The van der Waals surface area contributed by atoms with Crippen LogP contribution in [0.3, 0.4) is 0 Å². The Morgan fingerprint density at radius 2 is 1.71 bits per heavy atom. The fraction of sp³-hybridized carbons (Fsp3) is 0.810. The Bertz CT molecular complexity index is 1390. The summed E-state index contributed by atoms with van der Waals surface area (Å²) in [5.74, 6) is -2.82. The molecule has 0 saturated carbocycles. The second-order valence-corrected chi connectivity index (χ2v) is 17.0. The van der Waals surface area contributed by atoms with Gasteiger partial charge in [-0.1, -0.05) is 45.1 Å². The number of nitrogens with zero attached hydrogens (tertiary/aromatic N) is 1. The molecule has 3 heterocycles. The number of rotatable bonds is 12. The predicted molar refractivity (Wildman–Crippen MR) is 210 cm³/mol. The number of carbonyl (C=O) groups is 4. The molecule has 3 N–H and O–H groups in total. The van der Waals surface area contributed by atoms with Gasteiger partial charge >= 0.3 is 17.9 Å². The van der Waals surface area contributed by atoms with Gasteiger partial charge in [0.05, 0.1) is 36.9 Å². The normalized spacial score (nSPS) is 40.7. The van der Waals surface area contributed by atoms with Crippen molar-refractivity contribution in [3.63, 3.8) is 0 Å². The van der Waals surface area contributed by atoms with Crippen LogP contribution >= 0.6 is 0 Å². The third-order valence-corrected chi connectivity index (χ3v) is 10.9. The van der Waals surface area contributed by atoms with Crippen LogP contribution < -0.4 is 0 Å². The number of esters is 3. The van der Waals surface area contributed by atoms with E-state index in [1.165, 1.54) is 14.0 Å². The van der Waals surface area contributed by atoms with Crippen molar-refractivity contribution in [3.05, 3.63) is 24.3 Å². The smallest absolute Gasteiger partial charge is 0.309 e. The minimum Gasteiger partial charge on any atom is -0.462 e. The standard InChI is InChI=1S/C42H69NO15/c1-23(2)19-32(47)56-40-27(6)53-34(22-42(40,8)50)57-37-26(5)54-41(36(49)35(37)43(9)10)58-38-29(17-18-44)20-24(3)30(46)16-14-12-13-15-25(4)52-33(48)21-31(39(38)51-11)55-28(7)45/h12-14,16,18,23-27,29-31,34-41,46,49-50H,15,17,19-22H2,1-11H3/b13-12+,16-14+/t24-,25-,26-,27+,29-,30+,31-,34+,35-,36-,37-,38+,39+,40+,41+,42-/m1/s1. The van der Waals surface area contributed by atoms with Crippen LogP contribution in [0.25, 0.3) is 0 Å². The maximum Gasteiger partial charge on any atom is 0.309 e. The summed E-state index contributed by atoms with van der Waals surface area (Å²) in [7, 11) is 4.86. The first kappa shape index (κ1) is 49.6. The van der Waals surface area contributed by atoms with Crippen LogP contribution in [0.5, 0.6) is 0 Å². The number of carbonyl (C=O) groups excluding carboxylic acids is 4. The maximum atomic E-state index is 13.2. The summed E-state index contributed by atoms with van der Waals surface area (Å²) >= 11 is 0. The van der Waals surface area contributed by atoms with E-state index in [0.29, 0.717) is 12.7 Å². The maximum absolute atomic E-state index is 13.2. The summed E-state index contributed by atoms with van der Waals surface area (Å²) in [4.78, 5) is 52.3. The Balaban J connectivity index is 1.98. The van der Waals surface area contributed by atoms with Crippen molar-refractivity contribution in [2.45, 2.75) is 179 Å². The van der Waals surface area contributed by atoms with Crippen molar-refractivity contribution in [3.8, 4) is 0 Å². The van der Waals surface area contributed by atoms with Gasteiger partial charge in [-0.05, 0) is 66.0 Å². The highest BCUT2D eigenvalue weighted by Crippen LogP contribution is 2.38. The number of cyclic esters (lactones) is 1. The minimum atomic E-state index is -1.50. The fourth-order valence-electron chi connectivity index (χ4n) is 8.08. The third-order valence-electron chi connectivity index (χ3n) is 10.9.